The van der Waals surface area contributed by atoms with Crippen molar-refractivity contribution in [2.75, 3.05) is 0 Å². The van der Waals surface area contributed by atoms with Crippen LogP contribution in [0.4, 0.5) is 4.79 Å². The van der Waals surface area contributed by atoms with E-state index in [0.717, 1.165) is 0 Å². The Labute approximate surface area is 82.9 Å². The smallest absolute Gasteiger partial charge is 0.315 e. The van der Waals surface area contributed by atoms with Crippen LogP contribution < -0.4 is 16.4 Å². The highest BCUT2D eigenvalue weighted by molar-refractivity contribution is 5.86. The second-order valence-electron chi connectivity index (χ2n) is 3.39. The molecule has 14 heavy (non-hydrogen) atoms. The Morgan fingerprint density at radius 2 is 1.71 bits per heavy atom. The molecular weight excluding hydrogens is 186 g/mol. The first-order valence-corrected chi connectivity index (χ1v) is 4.39. The number of amides is 3. The summed E-state index contributed by atoms with van der Waals surface area (Å²) in [5.74, 6) is -0.765. The van der Waals surface area contributed by atoms with Gasteiger partial charge in [0.1, 0.15) is 6.04 Å². The SMILES string of the molecule is CC(C)NC(=O)N[C@H](C(N)=O)[C@@H](C)O. The topological polar surface area (TPSA) is 104 Å². The number of rotatable bonds is 4. The maximum absolute atomic E-state index is 11.1. The Hall–Kier alpha value is -1.30. The molecule has 0 aliphatic carbocycles. The second-order valence-corrected chi connectivity index (χ2v) is 3.39. The molecule has 0 fully saturated rings. The molecule has 5 N–H and O–H groups in total. The van der Waals surface area contributed by atoms with Crippen LogP contribution in [0.15, 0.2) is 0 Å². The number of carbonyl (C=O) groups is 2. The van der Waals surface area contributed by atoms with E-state index in [9.17, 15) is 9.59 Å². The van der Waals surface area contributed by atoms with Gasteiger partial charge in [-0.3, -0.25) is 4.79 Å². The zero-order valence-electron chi connectivity index (χ0n) is 8.57. The summed E-state index contributed by atoms with van der Waals surface area (Å²) >= 11 is 0. The number of carbonyl (C=O) groups excluding carboxylic acids is 2. The summed E-state index contributed by atoms with van der Waals surface area (Å²) in [6.07, 6.45) is -1.01. The van der Waals surface area contributed by atoms with Crippen molar-refractivity contribution in [1.82, 2.24) is 10.6 Å². The van der Waals surface area contributed by atoms with Gasteiger partial charge in [0.15, 0.2) is 0 Å². The fraction of sp³-hybridized carbons (Fsp3) is 0.750. The molecule has 6 heteroatoms. The van der Waals surface area contributed by atoms with Gasteiger partial charge in [-0.2, -0.15) is 0 Å². The first-order valence-electron chi connectivity index (χ1n) is 4.39. The van der Waals surface area contributed by atoms with Gasteiger partial charge in [-0.15, -0.1) is 0 Å². The minimum Gasteiger partial charge on any atom is -0.391 e. The second kappa shape index (κ2) is 5.43. The number of hydrogen-bond donors (Lipinski definition) is 4. The zero-order valence-corrected chi connectivity index (χ0v) is 8.57. The lowest BCUT2D eigenvalue weighted by Crippen LogP contribution is -2.54. The molecule has 2 atom stereocenters. The Kier molecular flexibility index (Phi) is 4.93. The third-order valence-electron chi connectivity index (χ3n) is 1.50. The molecule has 82 valence electrons. The summed E-state index contributed by atoms with van der Waals surface area (Å²) in [5, 5.41) is 13.9. The molecule has 0 rings (SSSR count). The van der Waals surface area contributed by atoms with Crippen molar-refractivity contribution in [3.05, 3.63) is 0 Å². The van der Waals surface area contributed by atoms with Gasteiger partial charge in [-0.05, 0) is 20.8 Å². The van der Waals surface area contributed by atoms with Crippen molar-refractivity contribution < 1.29 is 14.7 Å². The highest BCUT2D eigenvalue weighted by Gasteiger charge is 2.22. The Morgan fingerprint density at radius 1 is 1.21 bits per heavy atom. The average molecular weight is 203 g/mol. The highest BCUT2D eigenvalue weighted by Crippen LogP contribution is 1.91. The molecule has 0 saturated heterocycles. The molecule has 0 heterocycles. The Balaban J connectivity index is 4.17. The van der Waals surface area contributed by atoms with Crippen molar-refractivity contribution in [1.29, 1.82) is 0 Å². The van der Waals surface area contributed by atoms with Crippen LogP contribution in [0.1, 0.15) is 20.8 Å². The van der Waals surface area contributed by atoms with E-state index in [4.69, 9.17) is 10.8 Å². The van der Waals surface area contributed by atoms with Gasteiger partial charge in [0.2, 0.25) is 5.91 Å². The van der Waals surface area contributed by atoms with Gasteiger partial charge in [-0.1, -0.05) is 0 Å². The summed E-state index contributed by atoms with van der Waals surface area (Å²) in [7, 11) is 0. The predicted octanol–water partition coefficient (Wildman–Crippen LogP) is -1.07. The molecule has 0 aromatic heterocycles. The molecule has 6 nitrogen and oxygen atoms in total. The maximum Gasteiger partial charge on any atom is 0.315 e. The molecule has 0 unspecified atom stereocenters. The van der Waals surface area contributed by atoms with Crippen molar-refractivity contribution in [2.45, 2.75) is 39.0 Å². The Morgan fingerprint density at radius 3 is 2.00 bits per heavy atom. The maximum atomic E-state index is 11.1. The van der Waals surface area contributed by atoms with Crippen LogP contribution in [0.25, 0.3) is 0 Å². The molecule has 0 spiro atoms. The van der Waals surface area contributed by atoms with Crippen LogP contribution in [-0.2, 0) is 4.79 Å². The normalized spacial score (nSPS) is 14.6. The number of primary amides is 1. The van der Waals surface area contributed by atoms with E-state index >= 15 is 0 Å². The van der Waals surface area contributed by atoms with E-state index in [0.29, 0.717) is 0 Å². The van der Waals surface area contributed by atoms with Crippen molar-refractivity contribution >= 4 is 11.9 Å². The number of urea groups is 1. The molecule has 0 radical (unpaired) electrons. The van der Waals surface area contributed by atoms with Crippen LogP contribution in [0.3, 0.4) is 0 Å². The van der Waals surface area contributed by atoms with E-state index in [1.54, 1.807) is 13.8 Å². The third-order valence-corrected chi connectivity index (χ3v) is 1.50. The largest absolute Gasteiger partial charge is 0.391 e. The summed E-state index contributed by atoms with van der Waals surface area (Å²) in [5.41, 5.74) is 4.98. The standard InChI is InChI=1S/C8H17N3O3/c1-4(2)10-8(14)11-6(5(3)12)7(9)13/h4-6,12H,1-3H3,(H2,9,13)(H2,10,11,14)/t5-,6+/m1/s1. The average Bonchev–Trinajstić information content (AvgIpc) is 1.97. The van der Waals surface area contributed by atoms with E-state index in [-0.39, 0.29) is 6.04 Å². The van der Waals surface area contributed by atoms with E-state index < -0.39 is 24.1 Å². The minimum absolute atomic E-state index is 0.0440. The van der Waals surface area contributed by atoms with Crippen LogP contribution >= 0.6 is 0 Å². The monoisotopic (exact) mass is 203 g/mol. The van der Waals surface area contributed by atoms with Crippen LogP contribution in [0.5, 0.6) is 0 Å². The fourth-order valence-corrected chi connectivity index (χ4v) is 0.875. The van der Waals surface area contributed by atoms with Crippen molar-refractivity contribution in [3.63, 3.8) is 0 Å². The number of nitrogens with two attached hydrogens (primary N) is 1. The molecular formula is C8H17N3O3. The molecule has 3 amide bonds. The summed E-state index contributed by atoms with van der Waals surface area (Å²) in [4.78, 5) is 21.9. The van der Waals surface area contributed by atoms with Gasteiger partial charge in [0.25, 0.3) is 0 Å². The first-order chi connectivity index (χ1) is 6.34. The highest BCUT2D eigenvalue weighted by atomic mass is 16.3. The lowest BCUT2D eigenvalue weighted by molar-refractivity contribution is -0.122. The lowest BCUT2D eigenvalue weighted by atomic mass is 10.2. The van der Waals surface area contributed by atoms with Crippen LogP contribution in [-0.4, -0.2) is 35.2 Å². The van der Waals surface area contributed by atoms with E-state index in [1.165, 1.54) is 6.92 Å². The number of hydrogen-bond acceptors (Lipinski definition) is 3. The molecule has 0 aliphatic rings. The molecule has 0 bridgehead atoms. The molecule has 0 aliphatic heterocycles. The molecule has 0 saturated carbocycles. The van der Waals surface area contributed by atoms with Gasteiger partial charge < -0.3 is 21.5 Å². The van der Waals surface area contributed by atoms with Gasteiger partial charge in [-0.25, -0.2) is 4.79 Å². The minimum atomic E-state index is -1.06. The number of nitrogens with one attached hydrogen (secondary N) is 2. The van der Waals surface area contributed by atoms with Crippen molar-refractivity contribution in [3.8, 4) is 0 Å². The predicted molar refractivity (Wildman–Crippen MR) is 51.5 cm³/mol. The van der Waals surface area contributed by atoms with Gasteiger partial charge in [0, 0.05) is 6.04 Å². The molecule has 0 aromatic rings. The number of aliphatic hydroxyl groups is 1. The van der Waals surface area contributed by atoms with Gasteiger partial charge >= 0.3 is 6.03 Å². The zero-order chi connectivity index (χ0) is 11.3. The van der Waals surface area contributed by atoms with Crippen LogP contribution in [0.2, 0.25) is 0 Å². The Bertz CT molecular complexity index is 216. The van der Waals surface area contributed by atoms with E-state index in [1.807, 2.05) is 0 Å². The summed E-state index contributed by atoms with van der Waals surface area (Å²) < 4.78 is 0. The summed E-state index contributed by atoms with van der Waals surface area (Å²) in [6, 6.07) is -1.63. The van der Waals surface area contributed by atoms with E-state index in [2.05, 4.69) is 10.6 Å². The van der Waals surface area contributed by atoms with Gasteiger partial charge in [0.05, 0.1) is 6.10 Å². The first kappa shape index (κ1) is 12.7. The number of aliphatic hydroxyl groups excluding tert-OH is 1. The molecule has 0 aromatic carbocycles. The van der Waals surface area contributed by atoms with Crippen molar-refractivity contribution in [2.24, 2.45) is 5.73 Å². The summed E-state index contributed by atoms with van der Waals surface area (Å²) in [6.45, 7) is 4.94. The van der Waals surface area contributed by atoms with Crippen LogP contribution in [0, 0.1) is 0 Å². The quantitative estimate of drug-likeness (QED) is 0.467. The fourth-order valence-electron chi connectivity index (χ4n) is 0.875. The third kappa shape index (κ3) is 4.66. The lowest BCUT2D eigenvalue weighted by Gasteiger charge is -2.19.